The summed E-state index contributed by atoms with van der Waals surface area (Å²) in [6.45, 7) is 6.52. The summed E-state index contributed by atoms with van der Waals surface area (Å²) in [6, 6.07) is 19.6. The van der Waals surface area contributed by atoms with Crippen LogP contribution in [0.4, 0.5) is 11.4 Å². The van der Waals surface area contributed by atoms with Gasteiger partial charge in [-0.2, -0.15) is 5.26 Å². The predicted octanol–water partition coefficient (Wildman–Crippen LogP) is 5.16. The van der Waals surface area contributed by atoms with Crippen LogP contribution >= 0.6 is 11.6 Å². The highest BCUT2D eigenvalue weighted by molar-refractivity contribution is 6.31. The van der Waals surface area contributed by atoms with Crippen LogP contribution in [-0.2, 0) is 9.59 Å². The molecule has 3 aromatic carbocycles. The Morgan fingerprint density at radius 2 is 1.52 bits per heavy atom. The molecule has 13 nitrogen and oxygen atoms in total. The van der Waals surface area contributed by atoms with Crippen LogP contribution in [0.2, 0.25) is 5.02 Å². The molecule has 4 fully saturated rings. The van der Waals surface area contributed by atoms with Crippen molar-refractivity contribution in [1.82, 2.24) is 20.4 Å². The van der Waals surface area contributed by atoms with Crippen LogP contribution in [0, 0.1) is 17.2 Å². The first kappa shape index (κ1) is 39.4. The molecule has 1 atom stereocenters. The van der Waals surface area contributed by atoms with E-state index >= 15 is 0 Å². The standard InChI is InChI=1S/C44H48ClN7O6/c45-38-25-35(10-4-30(38)26-46)58-34-11-5-31(6-12-34)47-41(54)29-2-7-32(8-3-29)51-20-16-28(17-21-51)27-49-18-1-19-50(23-22-49)33-9-13-36-37(24-33)44(57)52(43(36)56)39-14-15-40(53)48-42(39)55/h2-4,7-10,13,24-25,28,31,34,39H,1,5-6,11-12,14-23,27H2,(H,47,54)(H,48,53,55). The zero-order valence-electron chi connectivity index (χ0n) is 32.5. The van der Waals surface area contributed by atoms with Gasteiger partial charge < -0.3 is 24.8 Å². The summed E-state index contributed by atoms with van der Waals surface area (Å²) >= 11 is 6.16. The van der Waals surface area contributed by atoms with Crippen molar-refractivity contribution in [3.63, 3.8) is 0 Å². The lowest BCUT2D eigenvalue weighted by molar-refractivity contribution is -0.136. The number of carbonyl (C=O) groups excluding carboxylic acids is 5. The third-order valence-corrected chi connectivity index (χ3v) is 12.7. The van der Waals surface area contributed by atoms with Crippen LogP contribution in [0.5, 0.6) is 5.75 Å². The van der Waals surface area contributed by atoms with E-state index in [-0.39, 0.29) is 30.9 Å². The molecule has 14 heteroatoms. The highest BCUT2D eigenvalue weighted by Crippen LogP contribution is 2.32. The first-order valence-corrected chi connectivity index (χ1v) is 20.9. The topological polar surface area (TPSA) is 155 Å². The van der Waals surface area contributed by atoms with E-state index in [2.05, 4.69) is 43.5 Å². The zero-order valence-corrected chi connectivity index (χ0v) is 33.2. The smallest absolute Gasteiger partial charge is 0.262 e. The van der Waals surface area contributed by atoms with Gasteiger partial charge in [0, 0.05) is 74.7 Å². The van der Waals surface area contributed by atoms with Gasteiger partial charge in [0.2, 0.25) is 11.8 Å². The number of rotatable bonds is 9. The van der Waals surface area contributed by atoms with E-state index in [1.165, 1.54) is 0 Å². The highest BCUT2D eigenvalue weighted by atomic mass is 35.5. The number of nitrogens with zero attached hydrogens (tertiary/aromatic N) is 5. The fraction of sp³-hybridized carbons (Fsp3) is 0.455. The van der Waals surface area contributed by atoms with Crippen molar-refractivity contribution in [3.8, 4) is 11.8 Å². The molecule has 5 amide bonds. The summed E-state index contributed by atoms with van der Waals surface area (Å²) in [7, 11) is 0. The molecule has 0 spiro atoms. The zero-order chi connectivity index (χ0) is 40.3. The molecular formula is C44H48ClN7O6. The number of nitrogens with one attached hydrogen (secondary N) is 2. The minimum absolute atomic E-state index is 0.0458. The third-order valence-electron chi connectivity index (χ3n) is 12.4. The number of nitriles is 1. The lowest BCUT2D eigenvalue weighted by atomic mass is 9.92. The molecule has 1 saturated carbocycles. The number of hydrogen-bond acceptors (Lipinski definition) is 10. The second kappa shape index (κ2) is 17.2. The summed E-state index contributed by atoms with van der Waals surface area (Å²) in [5, 5.41) is 14.9. The van der Waals surface area contributed by atoms with Crippen LogP contribution < -0.4 is 25.2 Å². The maximum Gasteiger partial charge on any atom is 0.262 e. The van der Waals surface area contributed by atoms with Crippen molar-refractivity contribution < 1.29 is 28.7 Å². The van der Waals surface area contributed by atoms with Crippen molar-refractivity contribution in [2.75, 3.05) is 55.6 Å². The molecule has 3 aromatic rings. The number of piperidine rings is 2. The van der Waals surface area contributed by atoms with Gasteiger partial charge in [-0.1, -0.05) is 11.6 Å². The number of imide groups is 2. The van der Waals surface area contributed by atoms with Crippen LogP contribution in [0.1, 0.15) is 94.4 Å². The summed E-state index contributed by atoms with van der Waals surface area (Å²) in [5.41, 5.74) is 3.73. The maximum atomic E-state index is 13.4. The van der Waals surface area contributed by atoms with E-state index in [1.54, 1.807) is 30.3 Å². The summed E-state index contributed by atoms with van der Waals surface area (Å²) in [5.74, 6) is -0.764. The molecule has 3 saturated heterocycles. The predicted molar refractivity (Wildman–Crippen MR) is 218 cm³/mol. The number of carbonyl (C=O) groups is 5. The Balaban J connectivity index is 0.765. The molecule has 1 unspecified atom stereocenters. The largest absolute Gasteiger partial charge is 0.490 e. The SMILES string of the molecule is N#Cc1ccc(OC2CCC(NC(=O)c3ccc(N4CCC(CN5CCCN(c6ccc7c(c6)C(=O)N(C6CCC(=O)NC6=O)C7=O)CC5)CC4)cc3)CC2)cc1Cl. The van der Waals surface area contributed by atoms with Crippen molar-refractivity contribution in [2.45, 2.75) is 76.0 Å². The molecule has 302 valence electrons. The average molecular weight is 806 g/mol. The van der Waals surface area contributed by atoms with Crippen molar-refractivity contribution in [3.05, 3.63) is 87.9 Å². The van der Waals surface area contributed by atoms with Gasteiger partial charge in [0.15, 0.2) is 0 Å². The van der Waals surface area contributed by atoms with Crippen LogP contribution in [0.3, 0.4) is 0 Å². The van der Waals surface area contributed by atoms with E-state index < -0.39 is 29.7 Å². The Bertz CT molecular complexity index is 2120. The Morgan fingerprint density at radius 3 is 2.24 bits per heavy atom. The normalized spacial score (nSPS) is 23.2. The lowest BCUT2D eigenvalue weighted by Crippen LogP contribution is -2.54. The third kappa shape index (κ3) is 8.54. The Morgan fingerprint density at radius 1 is 0.793 bits per heavy atom. The van der Waals surface area contributed by atoms with Gasteiger partial charge >= 0.3 is 0 Å². The number of hydrogen-bond donors (Lipinski definition) is 2. The summed E-state index contributed by atoms with van der Waals surface area (Å²) in [4.78, 5) is 72.0. The molecule has 4 aliphatic heterocycles. The number of benzene rings is 3. The molecule has 2 N–H and O–H groups in total. The summed E-state index contributed by atoms with van der Waals surface area (Å²) < 4.78 is 6.10. The lowest BCUT2D eigenvalue weighted by Gasteiger charge is -2.36. The van der Waals surface area contributed by atoms with Crippen LogP contribution in [0.15, 0.2) is 60.7 Å². The van der Waals surface area contributed by atoms with E-state index in [0.29, 0.717) is 38.9 Å². The number of fused-ring (bicyclic) bond motifs is 1. The van der Waals surface area contributed by atoms with Crippen LogP contribution in [0.25, 0.3) is 0 Å². The van der Waals surface area contributed by atoms with Crippen LogP contribution in [-0.4, -0.2) is 103 Å². The quantitative estimate of drug-likeness (QED) is 0.277. The second-order valence-electron chi connectivity index (χ2n) is 16.1. The Kier molecular flexibility index (Phi) is 11.7. The van der Waals surface area contributed by atoms with Gasteiger partial charge in [-0.25, -0.2) is 0 Å². The van der Waals surface area contributed by atoms with Gasteiger partial charge in [-0.15, -0.1) is 0 Å². The average Bonchev–Trinajstić information content (AvgIpc) is 3.34. The maximum absolute atomic E-state index is 13.4. The first-order chi connectivity index (χ1) is 28.1. The fourth-order valence-corrected chi connectivity index (χ4v) is 9.29. The van der Waals surface area contributed by atoms with Gasteiger partial charge in [0.1, 0.15) is 17.9 Å². The summed E-state index contributed by atoms with van der Waals surface area (Å²) in [6.07, 6.45) is 6.76. The molecule has 1 aliphatic carbocycles. The minimum Gasteiger partial charge on any atom is -0.490 e. The molecule has 0 radical (unpaired) electrons. The molecule has 0 aromatic heterocycles. The molecular weight excluding hydrogens is 758 g/mol. The van der Waals surface area contributed by atoms with Gasteiger partial charge in [0.25, 0.3) is 17.7 Å². The molecule has 8 rings (SSSR count). The molecule has 0 bridgehead atoms. The number of ether oxygens (including phenoxy) is 1. The fourth-order valence-electron chi connectivity index (χ4n) is 9.08. The number of amides is 5. The monoisotopic (exact) mass is 805 g/mol. The van der Waals surface area contributed by atoms with Crippen molar-refractivity contribution >= 4 is 52.5 Å². The van der Waals surface area contributed by atoms with Gasteiger partial charge in [-0.05, 0) is 118 Å². The number of halogens is 1. The Hall–Kier alpha value is -5.45. The van der Waals surface area contributed by atoms with Crippen molar-refractivity contribution in [2.24, 2.45) is 5.92 Å². The minimum atomic E-state index is -0.972. The molecule has 4 heterocycles. The Labute approximate surface area is 343 Å². The second-order valence-corrected chi connectivity index (χ2v) is 16.5. The van der Waals surface area contributed by atoms with Crippen molar-refractivity contribution in [1.29, 1.82) is 5.26 Å². The van der Waals surface area contributed by atoms with E-state index in [4.69, 9.17) is 21.6 Å². The highest BCUT2D eigenvalue weighted by Gasteiger charge is 2.45. The first-order valence-electron chi connectivity index (χ1n) is 20.5. The van der Waals surface area contributed by atoms with E-state index in [1.807, 2.05) is 18.2 Å². The van der Waals surface area contributed by atoms with E-state index in [0.717, 1.165) is 107 Å². The van der Waals surface area contributed by atoms with Gasteiger partial charge in [-0.3, -0.25) is 34.2 Å². The molecule has 5 aliphatic rings. The number of anilines is 2. The van der Waals surface area contributed by atoms with E-state index in [9.17, 15) is 24.0 Å². The molecule has 58 heavy (non-hydrogen) atoms. The van der Waals surface area contributed by atoms with Gasteiger partial charge in [0.05, 0.1) is 27.8 Å².